The first-order valence-corrected chi connectivity index (χ1v) is 11.2. The minimum Gasteiger partial charge on any atom is -0.477 e. The van der Waals surface area contributed by atoms with Crippen LogP contribution in [-0.2, 0) is 28.9 Å². The van der Waals surface area contributed by atoms with Crippen molar-refractivity contribution in [2.24, 2.45) is 4.99 Å². The number of halogens is 2. The van der Waals surface area contributed by atoms with Crippen LogP contribution in [0, 0.1) is 0 Å². The molecular formula is C13H15Cl2NO6S2. The first-order chi connectivity index (χ1) is 11.0. The van der Waals surface area contributed by atoms with Crippen LogP contribution in [0.2, 0.25) is 0 Å². The van der Waals surface area contributed by atoms with Crippen LogP contribution in [0.15, 0.2) is 34.2 Å². The Morgan fingerprint density at radius 1 is 1.17 bits per heavy atom. The van der Waals surface area contributed by atoms with Gasteiger partial charge in [-0.25, -0.2) is 13.4 Å². The molecule has 0 radical (unpaired) electrons. The smallest absolute Gasteiger partial charge is 0.265 e. The molecule has 1 aliphatic rings. The van der Waals surface area contributed by atoms with Gasteiger partial charge in [0.15, 0.2) is 14.7 Å². The highest BCUT2D eigenvalue weighted by atomic mass is 35.5. The maximum Gasteiger partial charge on any atom is 0.265 e. The molecule has 11 heteroatoms. The molecule has 0 N–H and O–H groups in total. The van der Waals surface area contributed by atoms with Gasteiger partial charge in [-0.15, -0.1) is 0 Å². The molecule has 0 spiro atoms. The van der Waals surface area contributed by atoms with Crippen molar-refractivity contribution in [1.82, 2.24) is 0 Å². The van der Waals surface area contributed by atoms with Gasteiger partial charge in [0.05, 0.1) is 11.2 Å². The number of benzene rings is 1. The average Bonchev–Trinajstić information content (AvgIpc) is 2.93. The largest absolute Gasteiger partial charge is 0.477 e. The Balaban J connectivity index is 2.37. The summed E-state index contributed by atoms with van der Waals surface area (Å²) in [4.78, 5) is 3.28. The first kappa shape index (κ1) is 19.5. The maximum absolute atomic E-state index is 11.6. The molecule has 0 saturated heterocycles. The van der Waals surface area contributed by atoms with Crippen molar-refractivity contribution >= 4 is 49.1 Å². The zero-order valence-corrected chi connectivity index (χ0v) is 15.9. The highest BCUT2D eigenvalue weighted by Gasteiger charge is 2.34. The molecule has 24 heavy (non-hydrogen) atoms. The molecule has 1 aromatic rings. The maximum atomic E-state index is 11.6. The molecule has 0 aromatic heterocycles. The molecule has 0 unspecified atom stereocenters. The fraction of sp³-hybridized carbons (Fsp3) is 0.462. The summed E-state index contributed by atoms with van der Waals surface area (Å²) in [5, 5.41) is 0. The van der Waals surface area contributed by atoms with Gasteiger partial charge in [-0.3, -0.25) is 4.18 Å². The van der Waals surface area contributed by atoms with E-state index in [0.717, 1.165) is 12.5 Å². The Morgan fingerprint density at radius 2 is 1.75 bits per heavy atom. The van der Waals surface area contributed by atoms with Crippen molar-refractivity contribution < 1.29 is 25.8 Å². The van der Waals surface area contributed by atoms with E-state index in [1.54, 1.807) is 0 Å². The van der Waals surface area contributed by atoms with E-state index >= 15 is 0 Å². The van der Waals surface area contributed by atoms with Crippen molar-refractivity contribution in [3.05, 3.63) is 29.8 Å². The second-order valence-corrected chi connectivity index (χ2v) is 9.92. The summed E-state index contributed by atoms with van der Waals surface area (Å²) >= 11 is 11.4. The van der Waals surface area contributed by atoms with Gasteiger partial charge < -0.3 is 4.74 Å². The minimum absolute atomic E-state index is 0.0410. The van der Waals surface area contributed by atoms with Crippen LogP contribution in [0.1, 0.15) is 11.7 Å². The summed E-state index contributed by atoms with van der Waals surface area (Å²) in [7, 11) is -7.16. The average molecular weight is 416 g/mol. The summed E-state index contributed by atoms with van der Waals surface area (Å²) in [6, 6.07) is 5.00. The lowest BCUT2D eigenvalue weighted by atomic mass is 10.0. The summed E-state index contributed by atoms with van der Waals surface area (Å²) in [6.45, 7) is 0.0410. The van der Waals surface area contributed by atoms with Crippen LogP contribution in [0.25, 0.3) is 0 Å². The van der Waals surface area contributed by atoms with Crippen molar-refractivity contribution in [2.75, 3.05) is 19.1 Å². The lowest BCUT2D eigenvalue weighted by Gasteiger charge is -2.20. The van der Waals surface area contributed by atoms with E-state index in [-0.39, 0.29) is 17.4 Å². The van der Waals surface area contributed by atoms with Crippen LogP contribution in [-0.4, -0.2) is 52.7 Å². The Hall–Kier alpha value is -0.870. The van der Waals surface area contributed by atoms with Crippen molar-refractivity contribution in [1.29, 1.82) is 0 Å². The second kappa shape index (κ2) is 7.17. The third-order valence-electron chi connectivity index (χ3n) is 3.15. The molecule has 0 aliphatic carbocycles. The van der Waals surface area contributed by atoms with Crippen LogP contribution in [0.3, 0.4) is 0 Å². The quantitative estimate of drug-likeness (QED) is 0.517. The van der Waals surface area contributed by atoms with Crippen LogP contribution in [0.4, 0.5) is 0 Å². The highest BCUT2D eigenvalue weighted by Crippen LogP contribution is 2.30. The summed E-state index contributed by atoms with van der Waals surface area (Å²) in [6.07, 6.45) is 1.00. The Labute approximate surface area is 150 Å². The van der Waals surface area contributed by atoms with E-state index in [1.165, 1.54) is 24.3 Å². The molecule has 7 nitrogen and oxygen atoms in total. The number of sulfone groups is 1. The van der Waals surface area contributed by atoms with Gasteiger partial charge in [-0.1, -0.05) is 35.3 Å². The predicted molar refractivity (Wildman–Crippen MR) is 90.9 cm³/mol. The molecule has 0 bridgehead atoms. The lowest BCUT2D eigenvalue weighted by Crippen LogP contribution is -2.23. The van der Waals surface area contributed by atoms with Gasteiger partial charge in [0.25, 0.3) is 10.1 Å². The number of aliphatic imine (C=N–C) groups is 1. The minimum atomic E-state index is -3.79. The number of nitrogens with zero attached hydrogens (tertiary/aromatic N) is 1. The van der Waals surface area contributed by atoms with Gasteiger partial charge in [0, 0.05) is 6.26 Å². The fourth-order valence-electron chi connectivity index (χ4n) is 2.12. The van der Waals surface area contributed by atoms with Gasteiger partial charge >= 0.3 is 0 Å². The molecule has 0 fully saturated rings. The normalized spacial score (nSPS) is 19.9. The summed E-state index contributed by atoms with van der Waals surface area (Å²) < 4.78 is 56.5. The van der Waals surface area contributed by atoms with E-state index in [2.05, 4.69) is 4.99 Å². The topological polar surface area (TPSA) is 99.1 Å². The van der Waals surface area contributed by atoms with Crippen LogP contribution in [0.5, 0.6) is 0 Å². The number of hydrogen-bond donors (Lipinski definition) is 0. The van der Waals surface area contributed by atoms with Crippen LogP contribution < -0.4 is 0 Å². The van der Waals surface area contributed by atoms with Gasteiger partial charge in [0.1, 0.15) is 18.8 Å². The summed E-state index contributed by atoms with van der Waals surface area (Å²) in [5.41, 5.74) is 0.437. The number of rotatable bonds is 6. The van der Waals surface area contributed by atoms with Gasteiger partial charge in [0.2, 0.25) is 5.90 Å². The highest BCUT2D eigenvalue weighted by molar-refractivity contribution is 7.90. The Kier molecular flexibility index (Phi) is 5.81. The summed E-state index contributed by atoms with van der Waals surface area (Å²) in [5.74, 6) is 0.0817. The standard InChI is InChI=1S/C13H15Cl2NO6S2/c1-23(17,18)9-5-3-8(4-6-9)11(22-24(2,19)20)10-7-21-13(16-10)12(14)15/h3-6,10-12H,7H2,1-2H3/t10-,11+/m1/s1. The van der Waals surface area contributed by atoms with Gasteiger partial charge in [-0.05, 0) is 17.7 Å². The SMILES string of the molecule is CS(=O)(=O)O[C@@H](c1ccc(S(C)(=O)=O)cc1)[C@H]1COC(C(Cl)Cl)=N1. The van der Waals surface area contributed by atoms with E-state index in [9.17, 15) is 16.8 Å². The first-order valence-electron chi connectivity index (χ1n) is 6.64. The molecule has 2 atom stereocenters. The van der Waals surface area contributed by atoms with Gasteiger partial charge in [-0.2, -0.15) is 8.42 Å². The number of hydrogen-bond acceptors (Lipinski definition) is 7. The number of alkyl halides is 2. The lowest BCUT2D eigenvalue weighted by molar-refractivity contribution is 0.161. The van der Waals surface area contributed by atoms with E-state index in [0.29, 0.717) is 5.56 Å². The molecule has 0 amide bonds. The Bertz CT molecular complexity index is 834. The van der Waals surface area contributed by atoms with Crippen molar-refractivity contribution in [2.45, 2.75) is 21.9 Å². The van der Waals surface area contributed by atoms with E-state index in [4.69, 9.17) is 32.1 Å². The van der Waals surface area contributed by atoms with Crippen molar-refractivity contribution in [3.8, 4) is 0 Å². The van der Waals surface area contributed by atoms with E-state index < -0.39 is 36.9 Å². The second-order valence-electron chi connectivity index (χ2n) is 5.21. The zero-order valence-electron chi connectivity index (χ0n) is 12.7. The zero-order chi connectivity index (χ0) is 18.1. The number of ether oxygens (including phenoxy) is 1. The molecule has 1 aromatic carbocycles. The van der Waals surface area contributed by atoms with E-state index in [1.807, 2.05) is 0 Å². The molecule has 0 saturated carbocycles. The predicted octanol–water partition coefficient (Wildman–Crippen LogP) is 1.71. The third-order valence-corrected chi connectivity index (χ3v) is 5.21. The fourth-order valence-corrected chi connectivity index (χ4v) is 3.60. The molecule has 1 aliphatic heterocycles. The monoisotopic (exact) mass is 415 g/mol. The molecule has 2 rings (SSSR count). The Morgan fingerprint density at radius 3 is 2.17 bits per heavy atom. The van der Waals surface area contributed by atoms with Crippen LogP contribution >= 0.6 is 23.2 Å². The molecular weight excluding hydrogens is 401 g/mol. The third kappa shape index (κ3) is 5.06. The molecule has 134 valence electrons. The molecule has 1 heterocycles. The van der Waals surface area contributed by atoms with Crippen molar-refractivity contribution in [3.63, 3.8) is 0 Å².